The number of carbonyl (C=O) groups is 1. The van der Waals surface area contributed by atoms with E-state index in [1.165, 1.54) is 25.3 Å². The number of nitro groups is 2. The summed E-state index contributed by atoms with van der Waals surface area (Å²) in [6.45, 7) is 0. The highest BCUT2D eigenvalue weighted by Gasteiger charge is 2.22. The third-order valence-corrected chi connectivity index (χ3v) is 3.28. The number of rotatable bonds is 5. The van der Waals surface area contributed by atoms with Gasteiger partial charge in [0, 0.05) is 23.2 Å². The second-order valence-electron chi connectivity index (χ2n) is 4.51. The number of hydrogen-bond donors (Lipinski definition) is 1. The molecule has 0 saturated heterocycles. The predicted octanol–water partition coefficient (Wildman–Crippen LogP) is 3.42. The molecule has 0 radical (unpaired) electrons. The lowest BCUT2D eigenvalue weighted by Crippen LogP contribution is -2.14. The van der Waals surface area contributed by atoms with Crippen molar-refractivity contribution in [2.75, 3.05) is 12.4 Å². The topological polar surface area (TPSA) is 125 Å². The fourth-order valence-electron chi connectivity index (χ4n) is 1.95. The average Bonchev–Trinajstić information content (AvgIpc) is 2.54. The molecule has 0 fully saturated rings. The Morgan fingerprint density at radius 1 is 1.12 bits per heavy atom. The first kappa shape index (κ1) is 17.2. The fraction of sp³-hybridized carbons (Fsp3) is 0.0714. The van der Waals surface area contributed by atoms with E-state index in [0.29, 0.717) is 0 Å². The number of nitrogens with one attached hydrogen (secondary N) is 1. The lowest BCUT2D eigenvalue weighted by molar-refractivity contribution is -0.385. The van der Waals surface area contributed by atoms with Crippen LogP contribution in [0.5, 0.6) is 5.75 Å². The van der Waals surface area contributed by atoms with Gasteiger partial charge in [0.1, 0.15) is 11.3 Å². The number of nitro benzene ring substituents is 2. The zero-order chi connectivity index (χ0) is 17.9. The first-order chi connectivity index (χ1) is 11.3. The first-order valence-electron chi connectivity index (χ1n) is 6.41. The number of methoxy groups -OCH3 is 1. The summed E-state index contributed by atoms with van der Waals surface area (Å²) >= 11 is 5.78. The van der Waals surface area contributed by atoms with Crippen LogP contribution in [0.3, 0.4) is 0 Å². The zero-order valence-electron chi connectivity index (χ0n) is 12.2. The normalized spacial score (nSPS) is 10.1. The number of halogens is 1. The molecule has 0 aliphatic rings. The van der Waals surface area contributed by atoms with Crippen molar-refractivity contribution < 1.29 is 19.4 Å². The van der Waals surface area contributed by atoms with E-state index in [2.05, 4.69) is 5.32 Å². The molecule has 0 bridgehead atoms. The Hall–Kier alpha value is -3.20. The van der Waals surface area contributed by atoms with Crippen molar-refractivity contribution in [2.45, 2.75) is 0 Å². The maximum Gasteiger partial charge on any atom is 0.282 e. The van der Waals surface area contributed by atoms with Gasteiger partial charge in [-0.05, 0) is 18.2 Å². The summed E-state index contributed by atoms with van der Waals surface area (Å²) in [4.78, 5) is 32.8. The Morgan fingerprint density at radius 3 is 2.42 bits per heavy atom. The van der Waals surface area contributed by atoms with Gasteiger partial charge < -0.3 is 10.1 Å². The molecule has 2 aromatic carbocycles. The van der Waals surface area contributed by atoms with E-state index < -0.39 is 21.4 Å². The minimum atomic E-state index is -0.844. The number of amides is 1. The SMILES string of the molecule is COc1ccc([N+](=O)[O-])cc1NC(=O)c1cc(Cl)ccc1[N+](=O)[O-]. The monoisotopic (exact) mass is 351 g/mol. The molecule has 0 unspecified atom stereocenters. The van der Waals surface area contributed by atoms with E-state index in [0.717, 1.165) is 18.2 Å². The minimum absolute atomic E-state index is 0.00553. The zero-order valence-corrected chi connectivity index (χ0v) is 12.9. The van der Waals surface area contributed by atoms with Crippen LogP contribution in [0.2, 0.25) is 5.02 Å². The Bertz CT molecular complexity index is 839. The van der Waals surface area contributed by atoms with Crippen LogP contribution in [-0.4, -0.2) is 22.9 Å². The van der Waals surface area contributed by atoms with Gasteiger partial charge in [0.05, 0.1) is 22.6 Å². The standard InChI is InChI=1S/C14H10ClN3O6/c1-24-13-5-3-9(17(20)21)7-11(13)16-14(19)10-6-8(15)2-4-12(10)18(22)23/h2-7H,1H3,(H,16,19). The maximum atomic E-state index is 12.3. The van der Waals surface area contributed by atoms with Crippen molar-refractivity contribution in [2.24, 2.45) is 0 Å². The molecule has 1 amide bonds. The van der Waals surface area contributed by atoms with E-state index in [1.807, 2.05) is 0 Å². The van der Waals surface area contributed by atoms with Crippen LogP contribution in [-0.2, 0) is 0 Å². The van der Waals surface area contributed by atoms with Crippen LogP contribution in [0.15, 0.2) is 36.4 Å². The van der Waals surface area contributed by atoms with Crippen LogP contribution < -0.4 is 10.1 Å². The summed E-state index contributed by atoms with van der Waals surface area (Å²) in [5.74, 6) is -0.679. The van der Waals surface area contributed by atoms with Crippen LogP contribution >= 0.6 is 11.6 Å². The number of benzene rings is 2. The number of anilines is 1. The van der Waals surface area contributed by atoms with Crippen molar-refractivity contribution in [3.05, 3.63) is 67.2 Å². The van der Waals surface area contributed by atoms with E-state index in [4.69, 9.17) is 16.3 Å². The van der Waals surface area contributed by atoms with E-state index in [9.17, 15) is 25.0 Å². The van der Waals surface area contributed by atoms with Crippen LogP contribution in [0.25, 0.3) is 0 Å². The van der Waals surface area contributed by atoms with Gasteiger partial charge in [0.2, 0.25) is 0 Å². The third kappa shape index (κ3) is 3.58. The summed E-state index contributed by atoms with van der Waals surface area (Å²) in [6.07, 6.45) is 0. The molecule has 0 aliphatic heterocycles. The summed E-state index contributed by atoms with van der Waals surface area (Å²) < 4.78 is 5.02. The highest BCUT2D eigenvalue weighted by molar-refractivity contribution is 6.31. The van der Waals surface area contributed by atoms with Crippen molar-refractivity contribution >= 4 is 34.6 Å². The molecule has 0 aromatic heterocycles. The molecular formula is C14H10ClN3O6. The van der Waals surface area contributed by atoms with E-state index in [-0.39, 0.29) is 27.7 Å². The van der Waals surface area contributed by atoms with Gasteiger partial charge in [0.15, 0.2) is 0 Å². The Balaban J connectivity index is 2.43. The minimum Gasteiger partial charge on any atom is -0.495 e. The quantitative estimate of drug-likeness (QED) is 0.650. The average molecular weight is 352 g/mol. The van der Waals surface area contributed by atoms with Crippen molar-refractivity contribution in [1.82, 2.24) is 0 Å². The van der Waals surface area contributed by atoms with Crippen molar-refractivity contribution in [1.29, 1.82) is 0 Å². The van der Waals surface area contributed by atoms with Crippen LogP contribution in [0, 0.1) is 20.2 Å². The molecule has 2 aromatic rings. The predicted molar refractivity (Wildman–Crippen MR) is 85.7 cm³/mol. The number of carbonyl (C=O) groups excluding carboxylic acids is 1. The summed E-state index contributed by atoms with van der Waals surface area (Å²) in [7, 11) is 1.32. The van der Waals surface area contributed by atoms with Gasteiger partial charge in [-0.3, -0.25) is 25.0 Å². The molecule has 9 nitrogen and oxygen atoms in total. The van der Waals surface area contributed by atoms with Gasteiger partial charge in [-0.15, -0.1) is 0 Å². The summed E-state index contributed by atoms with van der Waals surface area (Å²) in [5.41, 5.74) is -0.986. The third-order valence-electron chi connectivity index (χ3n) is 3.04. The fourth-order valence-corrected chi connectivity index (χ4v) is 2.12. The molecule has 124 valence electrons. The maximum absolute atomic E-state index is 12.3. The van der Waals surface area contributed by atoms with Crippen molar-refractivity contribution in [3.8, 4) is 5.75 Å². The second kappa shape index (κ2) is 6.92. The van der Waals surface area contributed by atoms with Gasteiger partial charge in [0.25, 0.3) is 17.3 Å². The number of hydrogen-bond acceptors (Lipinski definition) is 6. The molecule has 2 rings (SSSR count). The highest BCUT2D eigenvalue weighted by atomic mass is 35.5. The van der Waals surface area contributed by atoms with Gasteiger partial charge >= 0.3 is 0 Å². The molecule has 0 heterocycles. The van der Waals surface area contributed by atoms with E-state index in [1.54, 1.807) is 0 Å². The van der Waals surface area contributed by atoms with Crippen molar-refractivity contribution in [3.63, 3.8) is 0 Å². The summed E-state index contributed by atoms with van der Waals surface area (Å²) in [6, 6.07) is 7.12. The van der Waals surface area contributed by atoms with Gasteiger partial charge in [-0.25, -0.2) is 0 Å². The smallest absolute Gasteiger partial charge is 0.282 e. The number of non-ortho nitro benzene ring substituents is 1. The first-order valence-corrected chi connectivity index (χ1v) is 6.79. The van der Waals surface area contributed by atoms with Gasteiger partial charge in [-0.1, -0.05) is 11.6 Å². The van der Waals surface area contributed by atoms with E-state index >= 15 is 0 Å². The molecule has 0 saturated carbocycles. The molecule has 0 atom stereocenters. The molecule has 0 aliphatic carbocycles. The second-order valence-corrected chi connectivity index (χ2v) is 4.95. The lowest BCUT2D eigenvalue weighted by Gasteiger charge is -2.10. The Labute approximate surface area is 140 Å². The summed E-state index contributed by atoms with van der Waals surface area (Å²) in [5, 5.41) is 24.4. The molecule has 1 N–H and O–H groups in total. The molecule has 0 spiro atoms. The van der Waals surface area contributed by atoms with Crippen LogP contribution in [0.4, 0.5) is 17.1 Å². The highest BCUT2D eigenvalue weighted by Crippen LogP contribution is 2.30. The Morgan fingerprint density at radius 2 is 1.83 bits per heavy atom. The number of ether oxygens (including phenoxy) is 1. The molecule has 24 heavy (non-hydrogen) atoms. The lowest BCUT2D eigenvalue weighted by atomic mass is 10.1. The Kier molecular flexibility index (Phi) is 4.95. The molecular weight excluding hydrogens is 342 g/mol. The largest absolute Gasteiger partial charge is 0.495 e. The number of nitrogens with zero attached hydrogens (tertiary/aromatic N) is 2. The van der Waals surface area contributed by atoms with Gasteiger partial charge in [-0.2, -0.15) is 0 Å². The molecule has 10 heteroatoms. The van der Waals surface area contributed by atoms with Crippen LogP contribution in [0.1, 0.15) is 10.4 Å².